The summed E-state index contributed by atoms with van der Waals surface area (Å²) >= 11 is 0. The molecule has 0 aromatic rings. The molecule has 0 amide bonds. The minimum absolute atomic E-state index is 0.0163. The van der Waals surface area contributed by atoms with Crippen molar-refractivity contribution in [1.29, 1.82) is 0 Å². The molecule has 35 heavy (non-hydrogen) atoms. The van der Waals surface area contributed by atoms with Gasteiger partial charge in [-0.25, -0.2) is 4.79 Å². The first-order chi connectivity index (χ1) is 16.4. The Balaban J connectivity index is 1.44. The number of aliphatic hydroxyl groups excluding tert-OH is 5. The lowest BCUT2D eigenvalue weighted by Gasteiger charge is -2.44. The third-order valence-electron chi connectivity index (χ3n) is 7.32. The smallest absolute Gasteiger partial charge is 0.334 e. The van der Waals surface area contributed by atoms with Gasteiger partial charge in [0.2, 0.25) is 6.29 Å². The first-order valence-corrected chi connectivity index (χ1v) is 11.3. The molecule has 8 unspecified atom stereocenters. The summed E-state index contributed by atoms with van der Waals surface area (Å²) in [6.07, 6.45) is -10.5. The van der Waals surface area contributed by atoms with Crippen LogP contribution in [-0.4, -0.2) is 127 Å². The Labute approximate surface area is 199 Å². The third kappa shape index (κ3) is 4.81. The Morgan fingerprint density at radius 1 is 1.11 bits per heavy atom. The van der Waals surface area contributed by atoms with E-state index in [1.807, 2.05) is 0 Å². The summed E-state index contributed by atoms with van der Waals surface area (Å²) in [4.78, 5) is 11.6. The molecule has 12 atom stereocenters. The van der Waals surface area contributed by atoms with Gasteiger partial charge in [0, 0.05) is 5.92 Å². The molecule has 0 aromatic heterocycles. The van der Waals surface area contributed by atoms with Crippen molar-refractivity contribution in [3.63, 3.8) is 0 Å². The first kappa shape index (κ1) is 26.6. The fraction of sp³-hybridized carbons (Fsp3) is 0.857. The van der Waals surface area contributed by atoms with Crippen molar-refractivity contribution in [2.24, 2.45) is 11.8 Å². The number of rotatable bonds is 7. The molecular formula is C21H32O14. The maximum absolute atomic E-state index is 11.6. The molecule has 0 spiro atoms. The molecule has 8 N–H and O–H groups in total. The quantitative estimate of drug-likeness (QED) is 0.166. The Kier molecular flexibility index (Phi) is 7.45. The van der Waals surface area contributed by atoms with Crippen LogP contribution in [0.4, 0.5) is 0 Å². The molecular weight excluding hydrogens is 476 g/mol. The Bertz CT molecular complexity index is 818. The molecule has 2 saturated heterocycles. The molecule has 0 radical (unpaired) electrons. The fourth-order valence-electron chi connectivity index (χ4n) is 5.12. The summed E-state index contributed by atoms with van der Waals surface area (Å²) in [6.45, 7) is -0.116. The largest absolute Gasteiger partial charge is 0.478 e. The van der Waals surface area contributed by atoms with Crippen LogP contribution in [0.2, 0.25) is 0 Å². The number of carbonyl (C=O) groups is 1. The summed E-state index contributed by atoms with van der Waals surface area (Å²) in [6, 6.07) is 0. The summed E-state index contributed by atoms with van der Waals surface area (Å²) in [7, 11) is 0. The van der Waals surface area contributed by atoms with Crippen LogP contribution in [0.3, 0.4) is 0 Å². The lowest BCUT2D eigenvalue weighted by atomic mass is 9.81. The standard InChI is InChI=1S/C21H32O14/c1-20(29)3-2-8-9(16(27)28)4-31-17(11(8)20)35-18-14(25)13(24)12(23)10(34-18)5-32-19-15(26)21(30,6-22)7-33-19/h4,8,10-15,17-19,22-26,29-30H,2-3,5-7H2,1H3,(H,27,28)/t8-,10?,11-,12?,13?,14?,15?,17+,18?,19?,20+,21?/m1/s1. The van der Waals surface area contributed by atoms with Gasteiger partial charge in [-0.2, -0.15) is 0 Å². The summed E-state index contributed by atoms with van der Waals surface area (Å²) in [5, 5.41) is 80.8. The second kappa shape index (κ2) is 9.79. The maximum atomic E-state index is 11.6. The molecule has 14 heteroatoms. The highest BCUT2D eigenvalue weighted by Gasteiger charge is 2.56. The van der Waals surface area contributed by atoms with Gasteiger partial charge in [0.15, 0.2) is 12.6 Å². The zero-order chi connectivity index (χ0) is 25.7. The van der Waals surface area contributed by atoms with Gasteiger partial charge in [-0.05, 0) is 19.8 Å². The molecule has 4 aliphatic rings. The SMILES string of the molecule is C[C@]1(O)CC[C@@H]2C(C(=O)O)=CO[C@@H](OC3OC(COC4OCC(O)(CO)C4O)C(O)C(O)C3O)[C@@H]21. The number of carboxylic acids is 1. The fourth-order valence-corrected chi connectivity index (χ4v) is 5.12. The molecule has 3 fully saturated rings. The van der Waals surface area contributed by atoms with E-state index >= 15 is 0 Å². The van der Waals surface area contributed by atoms with E-state index in [0.29, 0.717) is 6.42 Å². The average molecular weight is 508 g/mol. The molecule has 0 aromatic carbocycles. The van der Waals surface area contributed by atoms with Crippen molar-refractivity contribution < 1.29 is 69.3 Å². The topological polar surface area (TPSA) is 225 Å². The van der Waals surface area contributed by atoms with Crippen LogP contribution in [0.15, 0.2) is 11.8 Å². The third-order valence-corrected chi connectivity index (χ3v) is 7.32. The van der Waals surface area contributed by atoms with Crippen LogP contribution in [0, 0.1) is 11.8 Å². The van der Waals surface area contributed by atoms with Crippen LogP contribution in [-0.2, 0) is 28.5 Å². The number of hydrogen-bond donors (Lipinski definition) is 8. The molecule has 1 saturated carbocycles. The van der Waals surface area contributed by atoms with Crippen LogP contribution in [0.25, 0.3) is 0 Å². The maximum Gasteiger partial charge on any atom is 0.334 e. The molecule has 3 aliphatic heterocycles. The van der Waals surface area contributed by atoms with Crippen LogP contribution < -0.4 is 0 Å². The second-order valence-electron chi connectivity index (χ2n) is 9.78. The molecule has 4 rings (SSSR count). The van der Waals surface area contributed by atoms with Crippen molar-refractivity contribution in [3.05, 3.63) is 11.8 Å². The summed E-state index contributed by atoms with van der Waals surface area (Å²) in [5.41, 5.74) is -3.28. The lowest BCUT2D eigenvalue weighted by Crippen LogP contribution is -2.61. The monoisotopic (exact) mass is 508 g/mol. The highest BCUT2D eigenvalue weighted by molar-refractivity contribution is 5.87. The normalized spacial score (nSPS) is 49.9. The Morgan fingerprint density at radius 3 is 2.46 bits per heavy atom. The number of aliphatic hydroxyl groups is 7. The van der Waals surface area contributed by atoms with E-state index in [4.69, 9.17) is 23.7 Å². The molecule has 3 heterocycles. The van der Waals surface area contributed by atoms with E-state index in [-0.39, 0.29) is 12.0 Å². The van der Waals surface area contributed by atoms with E-state index in [1.165, 1.54) is 6.92 Å². The number of hydrogen-bond acceptors (Lipinski definition) is 13. The van der Waals surface area contributed by atoms with Gasteiger partial charge in [-0.1, -0.05) is 0 Å². The Morgan fingerprint density at radius 2 is 1.83 bits per heavy atom. The van der Waals surface area contributed by atoms with Crippen molar-refractivity contribution in [2.75, 3.05) is 19.8 Å². The van der Waals surface area contributed by atoms with Gasteiger partial charge in [-0.15, -0.1) is 0 Å². The van der Waals surface area contributed by atoms with Gasteiger partial charge < -0.3 is 64.5 Å². The highest BCUT2D eigenvalue weighted by Crippen LogP contribution is 2.49. The molecule has 1 aliphatic carbocycles. The number of ether oxygens (including phenoxy) is 5. The van der Waals surface area contributed by atoms with E-state index in [2.05, 4.69) is 0 Å². The van der Waals surface area contributed by atoms with Crippen molar-refractivity contribution in [3.8, 4) is 0 Å². The highest BCUT2D eigenvalue weighted by atomic mass is 16.8. The molecule has 0 bridgehead atoms. The van der Waals surface area contributed by atoms with Crippen molar-refractivity contribution in [1.82, 2.24) is 0 Å². The number of fused-ring (bicyclic) bond motifs is 1. The van der Waals surface area contributed by atoms with Gasteiger partial charge in [0.05, 0.1) is 43.2 Å². The van der Waals surface area contributed by atoms with E-state index in [9.17, 15) is 45.6 Å². The predicted octanol–water partition coefficient (Wildman–Crippen LogP) is -3.63. The van der Waals surface area contributed by atoms with Gasteiger partial charge in [0.25, 0.3) is 0 Å². The zero-order valence-corrected chi connectivity index (χ0v) is 18.9. The molecule has 200 valence electrons. The van der Waals surface area contributed by atoms with Gasteiger partial charge >= 0.3 is 5.97 Å². The van der Waals surface area contributed by atoms with Crippen molar-refractivity contribution in [2.45, 2.75) is 80.4 Å². The number of carboxylic acid groups (broad SMARTS) is 1. The van der Waals surface area contributed by atoms with Crippen molar-refractivity contribution >= 4 is 5.97 Å². The second-order valence-corrected chi connectivity index (χ2v) is 9.78. The number of aliphatic carboxylic acids is 1. The molecule has 14 nitrogen and oxygen atoms in total. The predicted molar refractivity (Wildman–Crippen MR) is 109 cm³/mol. The van der Waals surface area contributed by atoms with Crippen LogP contribution >= 0.6 is 0 Å². The zero-order valence-electron chi connectivity index (χ0n) is 18.9. The first-order valence-electron chi connectivity index (χ1n) is 11.3. The average Bonchev–Trinajstić information content (AvgIpc) is 3.29. The summed E-state index contributed by atoms with van der Waals surface area (Å²) < 4.78 is 27.3. The minimum Gasteiger partial charge on any atom is -0.478 e. The van der Waals surface area contributed by atoms with Crippen LogP contribution in [0.1, 0.15) is 19.8 Å². The van der Waals surface area contributed by atoms with E-state index in [1.54, 1.807) is 0 Å². The van der Waals surface area contributed by atoms with Gasteiger partial charge in [-0.3, -0.25) is 0 Å². The minimum atomic E-state index is -1.92. The Hall–Kier alpha value is -1.43. The van der Waals surface area contributed by atoms with Crippen LogP contribution in [0.5, 0.6) is 0 Å². The lowest BCUT2D eigenvalue weighted by molar-refractivity contribution is -0.350. The summed E-state index contributed by atoms with van der Waals surface area (Å²) in [5.74, 6) is -2.58. The van der Waals surface area contributed by atoms with E-state index in [0.717, 1.165) is 6.26 Å². The van der Waals surface area contributed by atoms with Gasteiger partial charge in [0.1, 0.15) is 36.1 Å². The van der Waals surface area contributed by atoms with E-state index < -0.39 is 98.2 Å².